The molecule has 5 aliphatic rings. The van der Waals surface area contributed by atoms with Crippen molar-refractivity contribution in [1.82, 2.24) is 30.0 Å². The first-order valence-corrected chi connectivity index (χ1v) is 23.6. The van der Waals surface area contributed by atoms with E-state index in [2.05, 4.69) is 16.7 Å². The fourth-order valence-electron chi connectivity index (χ4n) is 10.5. The number of ether oxygens (including phenoxy) is 3. The van der Waals surface area contributed by atoms with Crippen LogP contribution in [0.4, 0.5) is 14.0 Å². The van der Waals surface area contributed by atoms with Crippen molar-refractivity contribution in [2.24, 2.45) is 21.8 Å². The van der Waals surface area contributed by atoms with Crippen LogP contribution in [0.3, 0.4) is 0 Å². The van der Waals surface area contributed by atoms with E-state index in [1.807, 2.05) is 91.9 Å². The van der Waals surface area contributed by atoms with Gasteiger partial charge in [0.1, 0.15) is 29.2 Å². The van der Waals surface area contributed by atoms with Crippen LogP contribution in [-0.2, 0) is 19.1 Å². The molecule has 4 amide bonds. The minimum atomic E-state index is -0.886. The molecule has 0 saturated carbocycles. The predicted molar refractivity (Wildman–Crippen MR) is 258 cm³/mol. The number of carbonyl (C=O) groups excluding carboxylic acids is 4. The van der Waals surface area contributed by atoms with Crippen molar-refractivity contribution in [2.45, 2.75) is 96.6 Å². The predicted octanol–water partition coefficient (Wildman–Crippen LogP) is 8.64. The van der Waals surface area contributed by atoms with Crippen LogP contribution in [0.2, 0.25) is 0 Å². The highest BCUT2D eigenvalue weighted by Crippen LogP contribution is 2.48. The van der Waals surface area contributed by atoms with Gasteiger partial charge in [-0.15, -0.1) is 0 Å². The summed E-state index contributed by atoms with van der Waals surface area (Å²) in [5.74, 6) is -0.499. The average molecular weight is 939 g/mol. The maximum Gasteiger partial charge on any atom is 0.407 e. The van der Waals surface area contributed by atoms with E-state index in [-0.39, 0.29) is 35.7 Å². The van der Waals surface area contributed by atoms with E-state index in [1.54, 1.807) is 11.1 Å². The minimum Gasteiger partial charge on any atom is -0.460 e. The molecular formula is C52H55FN8O8. The number of oxazole rings is 1. The Bertz CT molecular complexity index is 3000. The smallest absolute Gasteiger partial charge is 0.407 e. The first kappa shape index (κ1) is 45.5. The lowest BCUT2D eigenvalue weighted by Gasteiger charge is -2.31. The number of carbonyl (C=O) groups is 4. The van der Waals surface area contributed by atoms with Gasteiger partial charge < -0.3 is 39.1 Å². The van der Waals surface area contributed by atoms with Gasteiger partial charge in [0.2, 0.25) is 11.8 Å². The van der Waals surface area contributed by atoms with Gasteiger partial charge in [-0.05, 0) is 102 Å². The van der Waals surface area contributed by atoms with Crippen molar-refractivity contribution in [3.8, 4) is 17.0 Å². The lowest BCUT2D eigenvalue weighted by Crippen LogP contribution is -2.53. The summed E-state index contributed by atoms with van der Waals surface area (Å²) in [7, 11) is 2.55. The number of likely N-dealkylation sites (tertiary alicyclic amines) is 2. The SMILES string of the molecule is COC(=O)N[C@H](C(=O)N1CCC[C@H]1C1=NC=C(c2cc(F)c3c(c2)OC(c2nc4ccccc4o2)n2c-3cc3cc(C4=CN=C([C@@H]5CCCN5C(=O)[C@@H](NC(=O)OC)C(C)C)C4)ccc32)C1)C(C)C. The molecule has 16 nitrogen and oxygen atoms in total. The van der Waals surface area contributed by atoms with E-state index in [1.165, 1.54) is 20.3 Å². The van der Waals surface area contributed by atoms with Crippen molar-refractivity contribution in [1.29, 1.82) is 0 Å². The molecule has 69 heavy (non-hydrogen) atoms. The molecule has 358 valence electrons. The molecule has 0 aliphatic carbocycles. The number of hydrogen-bond donors (Lipinski definition) is 2. The van der Waals surface area contributed by atoms with E-state index < -0.39 is 36.3 Å². The lowest BCUT2D eigenvalue weighted by molar-refractivity contribution is -0.134. The van der Waals surface area contributed by atoms with E-state index in [0.717, 1.165) is 64.7 Å². The summed E-state index contributed by atoms with van der Waals surface area (Å²) in [5.41, 5.74) is 7.93. The van der Waals surface area contributed by atoms with Gasteiger partial charge in [0.25, 0.3) is 12.1 Å². The van der Waals surface area contributed by atoms with E-state index in [0.29, 0.717) is 65.5 Å². The highest BCUT2D eigenvalue weighted by Gasteiger charge is 2.41. The molecule has 5 atom stereocenters. The average Bonchev–Trinajstić information content (AvgIpc) is 4.21. The molecule has 7 heterocycles. The van der Waals surface area contributed by atoms with Crippen LogP contribution in [0.15, 0.2) is 87.5 Å². The maximum atomic E-state index is 17.0. The highest BCUT2D eigenvalue weighted by atomic mass is 19.1. The molecule has 2 N–H and O–H groups in total. The molecule has 5 aliphatic heterocycles. The third-order valence-corrected chi connectivity index (χ3v) is 14.0. The summed E-state index contributed by atoms with van der Waals surface area (Å²) in [6.07, 6.45) is 5.45. The van der Waals surface area contributed by atoms with Gasteiger partial charge in [-0.2, -0.15) is 0 Å². The fourth-order valence-corrected chi connectivity index (χ4v) is 10.5. The number of nitrogens with one attached hydrogen (secondary N) is 2. The number of aliphatic imine (C=N–C) groups is 2. The topological polar surface area (TPSA) is 182 Å². The number of aromatic nitrogens is 2. The largest absolute Gasteiger partial charge is 0.460 e. The fraction of sp³-hybridized carbons (Fsp3) is 0.404. The Morgan fingerprint density at radius 2 is 1.35 bits per heavy atom. The van der Waals surface area contributed by atoms with E-state index in [4.69, 9.17) is 33.6 Å². The standard InChI is InChI=1S/C52H55FN8O8/c1-27(2)45(57-51(64)66-5)48(62)59-17-9-12-39(59)36-21-32(25-54-36)29-15-16-38-31(19-29)23-41-44-34(53)20-30(24-43(44)69-50(61(38)41)47-56-35-11-7-8-14-42(35)68-47)33-22-37(55-26-33)40-13-10-18-60(40)49(63)46(28(3)4)58-52(65)67-6/h7-8,11,14-16,19-20,23-28,39-40,45-46,50H,9-10,12-13,17-18,21-22H2,1-6H3,(H,57,64)(H,58,65)/t39-,40-,45-,46-,50?/m0/s1. The Morgan fingerprint density at radius 1 is 0.754 bits per heavy atom. The van der Waals surface area contributed by atoms with Crippen molar-refractivity contribution in [2.75, 3.05) is 27.3 Å². The number of fused-ring (bicyclic) bond motifs is 6. The molecule has 3 aromatic carbocycles. The highest BCUT2D eigenvalue weighted by molar-refractivity contribution is 6.06. The molecule has 2 fully saturated rings. The number of methoxy groups -OCH3 is 2. The first-order chi connectivity index (χ1) is 33.3. The van der Waals surface area contributed by atoms with Crippen molar-refractivity contribution >= 4 is 68.6 Å². The molecule has 2 saturated heterocycles. The number of nitrogens with zero attached hydrogens (tertiary/aromatic N) is 6. The summed E-state index contributed by atoms with van der Waals surface area (Å²) in [6, 6.07) is 16.9. The summed E-state index contributed by atoms with van der Waals surface area (Å²) in [6.45, 7) is 8.65. The summed E-state index contributed by atoms with van der Waals surface area (Å²) >= 11 is 0. The number of amides is 4. The molecule has 10 rings (SSSR count). The van der Waals surface area contributed by atoms with Gasteiger partial charge in [0.05, 0.1) is 43.1 Å². The van der Waals surface area contributed by atoms with Crippen LogP contribution < -0.4 is 15.4 Å². The van der Waals surface area contributed by atoms with Gasteiger partial charge in [-0.25, -0.2) is 19.0 Å². The van der Waals surface area contributed by atoms with Crippen molar-refractivity contribution < 1.29 is 42.2 Å². The Hall–Kier alpha value is -7.30. The number of benzene rings is 3. The van der Waals surface area contributed by atoms with E-state index in [9.17, 15) is 19.2 Å². The Balaban J connectivity index is 0.929. The Morgan fingerprint density at radius 3 is 1.93 bits per heavy atom. The second-order valence-electron chi connectivity index (χ2n) is 19.0. The van der Waals surface area contributed by atoms with Gasteiger partial charge >= 0.3 is 12.2 Å². The monoisotopic (exact) mass is 938 g/mol. The molecule has 0 radical (unpaired) electrons. The minimum absolute atomic E-state index is 0.142. The summed E-state index contributed by atoms with van der Waals surface area (Å²) in [4.78, 5) is 70.1. The molecule has 17 heteroatoms. The van der Waals surface area contributed by atoms with Gasteiger partial charge in [-0.3, -0.25) is 24.1 Å². The third kappa shape index (κ3) is 8.30. The Kier molecular flexibility index (Phi) is 12.1. The van der Waals surface area contributed by atoms with Crippen molar-refractivity contribution in [3.05, 3.63) is 95.9 Å². The van der Waals surface area contributed by atoms with Crippen LogP contribution in [0.5, 0.6) is 5.75 Å². The number of alkyl carbamates (subject to hydrolysis) is 2. The lowest BCUT2D eigenvalue weighted by atomic mass is 9.95. The second kappa shape index (κ2) is 18.3. The zero-order chi connectivity index (χ0) is 48.2. The zero-order valence-electron chi connectivity index (χ0n) is 39.5. The molecule has 5 aromatic rings. The third-order valence-electron chi connectivity index (χ3n) is 14.0. The van der Waals surface area contributed by atoms with Gasteiger partial charge in [0.15, 0.2) is 5.58 Å². The van der Waals surface area contributed by atoms with E-state index >= 15 is 4.39 Å². The molecule has 1 unspecified atom stereocenters. The number of halogens is 1. The number of hydrogen-bond acceptors (Lipinski definition) is 11. The quantitative estimate of drug-likeness (QED) is 0.131. The van der Waals surface area contributed by atoms with Crippen LogP contribution in [-0.4, -0.2) is 106 Å². The van der Waals surface area contributed by atoms with Crippen LogP contribution in [0.25, 0.3) is 44.4 Å². The molecular weight excluding hydrogens is 884 g/mol. The first-order valence-electron chi connectivity index (χ1n) is 23.6. The van der Waals surface area contributed by atoms with Crippen LogP contribution in [0.1, 0.15) is 89.5 Å². The van der Waals surface area contributed by atoms with Crippen LogP contribution in [0, 0.1) is 17.7 Å². The normalized spacial score (nSPS) is 20.6. The number of allylic oxidation sites excluding steroid dienone is 2. The molecule has 0 bridgehead atoms. The molecule has 2 aromatic heterocycles. The maximum absolute atomic E-state index is 17.0. The van der Waals surface area contributed by atoms with Gasteiger partial charge in [0, 0.05) is 55.1 Å². The number of rotatable bonds is 11. The molecule has 0 spiro atoms. The summed E-state index contributed by atoms with van der Waals surface area (Å²) < 4.78 is 41.6. The Labute approximate surface area is 398 Å². The van der Waals surface area contributed by atoms with Crippen molar-refractivity contribution in [3.63, 3.8) is 0 Å². The van der Waals surface area contributed by atoms with Gasteiger partial charge in [-0.1, -0.05) is 45.9 Å². The second-order valence-corrected chi connectivity index (χ2v) is 19.0. The van der Waals surface area contributed by atoms with Crippen LogP contribution >= 0.6 is 0 Å². The summed E-state index contributed by atoms with van der Waals surface area (Å²) in [5, 5.41) is 6.26. The zero-order valence-corrected chi connectivity index (χ0v) is 39.5. The number of para-hydroxylation sites is 2.